The molecule has 0 aliphatic rings. The Hall–Kier alpha value is 0.230. The molecule has 0 rings (SSSR count). The number of hydrogen-bond donors (Lipinski definition) is 3. The first-order valence-corrected chi connectivity index (χ1v) is 4.93. The Balaban J connectivity index is 3.13. The third-order valence-electron chi connectivity index (χ3n) is 1.30. The zero-order chi connectivity index (χ0) is 8.69. The van der Waals surface area contributed by atoms with Gasteiger partial charge < -0.3 is 15.9 Å². The Morgan fingerprint density at radius 2 is 2.09 bits per heavy atom. The van der Waals surface area contributed by atoms with Crippen LogP contribution in [-0.2, 0) is 0 Å². The van der Waals surface area contributed by atoms with E-state index in [1.54, 1.807) is 11.8 Å². The van der Waals surface area contributed by atoms with Crippen LogP contribution in [0.2, 0.25) is 0 Å². The van der Waals surface area contributed by atoms with Crippen molar-refractivity contribution in [2.45, 2.75) is 13.0 Å². The lowest BCUT2D eigenvalue weighted by Gasteiger charge is -2.09. The van der Waals surface area contributed by atoms with Crippen molar-refractivity contribution in [3.63, 3.8) is 0 Å². The van der Waals surface area contributed by atoms with Crippen LogP contribution in [0, 0.1) is 5.92 Å². The van der Waals surface area contributed by atoms with Crippen LogP contribution < -0.4 is 5.73 Å². The average molecular weight is 179 g/mol. The molecule has 68 valence electrons. The second-order valence-corrected chi connectivity index (χ2v) is 3.79. The summed E-state index contributed by atoms with van der Waals surface area (Å²) in [6.45, 7) is 2.51. The van der Waals surface area contributed by atoms with Crippen LogP contribution in [0.25, 0.3) is 0 Å². The van der Waals surface area contributed by atoms with Crippen LogP contribution >= 0.6 is 11.8 Å². The van der Waals surface area contributed by atoms with Crippen molar-refractivity contribution in [1.82, 2.24) is 0 Å². The Kier molecular flexibility index (Phi) is 7.06. The lowest BCUT2D eigenvalue weighted by atomic mass is 10.2. The first-order chi connectivity index (χ1) is 5.20. The number of aliphatic hydroxyl groups excluding tert-OH is 2. The normalized spacial score (nSPS) is 16.4. The first kappa shape index (κ1) is 11.2. The monoisotopic (exact) mass is 179 g/mol. The van der Waals surface area contributed by atoms with Gasteiger partial charge >= 0.3 is 0 Å². The van der Waals surface area contributed by atoms with Gasteiger partial charge in [-0.2, -0.15) is 11.8 Å². The van der Waals surface area contributed by atoms with Crippen molar-refractivity contribution in [3.05, 3.63) is 0 Å². The van der Waals surface area contributed by atoms with Crippen LogP contribution in [0.3, 0.4) is 0 Å². The summed E-state index contributed by atoms with van der Waals surface area (Å²) < 4.78 is 0. The van der Waals surface area contributed by atoms with Crippen molar-refractivity contribution in [3.8, 4) is 0 Å². The van der Waals surface area contributed by atoms with Gasteiger partial charge in [-0.15, -0.1) is 0 Å². The third kappa shape index (κ3) is 6.62. The Labute approximate surface area is 72.0 Å². The maximum Gasteiger partial charge on any atom is 0.0752 e. The van der Waals surface area contributed by atoms with Crippen molar-refractivity contribution in [1.29, 1.82) is 0 Å². The van der Waals surface area contributed by atoms with Gasteiger partial charge in [0.25, 0.3) is 0 Å². The van der Waals surface area contributed by atoms with Gasteiger partial charge in [0.2, 0.25) is 0 Å². The molecule has 0 aliphatic carbocycles. The summed E-state index contributed by atoms with van der Waals surface area (Å²) in [4.78, 5) is 0. The molecule has 2 unspecified atom stereocenters. The molecule has 0 amide bonds. The van der Waals surface area contributed by atoms with E-state index in [0.717, 1.165) is 5.75 Å². The minimum atomic E-state index is -0.397. The van der Waals surface area contributed by atoms with E-state index in [9.17, 15) is 0 Å². The fraction of sp³-hybridized carbons (Fsp3) is 1.00. The van der Waals surface area contributed by atoms with E-state index in [2.05, 4.69) is 0 Å². The SMILES string of the molecule is CC(CO)CSCC(O)CN. The van der Waals surface area contributed by atoms with Gasteiger partial charge in [-0.25, -0.2) is 0 Å². The summed E-state index contributed by atoms with van der Waals surface area (Å²) in [6, 6.07) is 0. The molecule has 0 radical (unpaired) electrons. The van der Waals surface area contributed by atoms with Gasteiger partial charge in [0.05, 0.1) is 6.10 Å². The fourth-order valence-corrected chi connectivity index (χ4v) is 1.58. The highest BCUT2D eigenvalue weighted by Crippen LogP contribution is 2.08. The van der Waals surface area contributed by atoms with E-state index in [1.807, 2.05) is 6.92 Å². The van der Waals surface area contributed by atoms with E-state index in [0.29, 0.717) is 18.2 Å². The Morgan fingerprint density at radius 3 is 2.55 bits per heavy atom. The minimum Gasteiger partial charge on any atom is -0.396 e. The van der Waals surface area contributed by atoms with Crippen molar-refractivity contribution >= 4 is 11.8 Å². The average Bonchev–Trinajstić information content (AvgIpc) is 2.04. The van der Waals surface area contributed by atoms with Gasteiger partial charge in [-0.1, -0.05) is 6.92 Å². The number of rotatable bonds is 6. The minimum absolute atomic E-state index is 0.214. The summed E-state index contributed by atoms with van der Waals surface area (Å²) in [5.74, 6) is 1.86. The molecule has 4 N–H and O–H groups in total. The van der Waals surface area contributed by atoms with E-state index in [4.69, 9.17) is 15.9 Å². The lowest BCUT2D eigenvalue weighted by molar-refractivity contribution is 0.207. The smallest absolute Gasteiger partial charge is 0.0752 e. The molecule has 0 saturated heterocycles. The molecule has 0 aromatic carbocycles. The van der Waals surface area contributed by atoms with Crippen molar-refractivity contribution in [2.24, 2.45) is 11.7 Å². The topological polar surface area (TPSA) is 66.5 Å². The van der Waals surface area contributed by atoms with Gasteiger partial charge in [0.1, 0.15) is 0 Å². The third-order valence-corrected chi connectivity index (χ3v) is 2.72. The molecule has 2 atom stereocenters. The molecular weight excluding hydrogens is 162 g/mol. The molecule has 0 aromatic heterocycles. The van der Waals surface area contributed by atoms with E-state index < -0.39 is 6.10 Å². The molecule has 3 nitrogen and oxygen atoms in total. The quantitative estimate of drug-likeness (QED) is 0.522. The maximum absolute atomic E-state index is 9.04. The first-order valence-electron chi connectivity index (χ1n) is 3.77. The van der Waals surface area contributed by atoms with Crippen molar-refractivity contribution in [2.75, 3.05) is 24.7 Å². The Morgan fingerprint density at radius 1 is 1.45 bits per heavy atom. The predicted molar refractivity (Wildman–Crippen MR) is 48.6 cm³/mol. The Bertz CT molecular complexity index is 82.5. The maximum atomic E-state index is 9.04. The molecule has 11 heavy (non-hydrogen) atoms. The highest BCUT2D eigenvalue weighted by molar-refractivity contribution is 7.99. The highest BCUT2D eigenvalue weighted by Gasteiger charge is 2.03. The number of aliphatic hydroxyl groups is 2. The lowest BCUT2D eigenvalue weighted by Crippen LogP contribution is -2.22. The molecule has 0 bridgehead atoms. The van der Waals surface area contributed by atoms with Crippen LogP contribution in [0.1, 0.15) is 6.92 Å². The number of nitrogens with two attached hydrogens (primary N) is 1. The van der Waals surface area contributed by atoms with Crippen LogP contribution in [0.4, 0.5) is 0 Å². The zero-order valence-electron chi connectivity index (χ0n) is 6.86. The summed E-state index contributed by atoms with van der Waals surface area (Å²) in [6.07, 6.45) is -0.397. The molecule has 0 saturated carbocycles. The zero-order valence-corrected chi connectivity index (χ0v) is 7.68. The summed E-state index contributed by atoms with van der Waals surface area (Å²) >= 11 is 1.63. The summed E-state index contributed by atoms with van der Waals surface area (Å²) in [5.41, 5.74) is 5.21. The summed E-state index contributed by atoms with van der Waals surface area (Å²) in [5, 5.41) is 17.7. The van der Waals surface area contributed by atoms with Gasteiger partial charge in [-0.3, -0.25) is 0 Å². The predicted octanol–water partition coefficient (Wildman–Crippen LogP) is -0.332. The molecule has 0 aromatic rings. The summed E-state index contributed by atoms with van der Waals surface area (Å²) in [7, 11) is 0. The van der Waals surface area contributed by atoms with E-state index >= 15 is 0 Å². The fourth-order valence-electron chi connectivity index (χ4n) is 0.526. The largest absolute Gasteiger partial charge is 0.396 e. The molecule has 0 heterocycles. The van der Waals surface area contributed by atoms with E-state index in [1.165, 1.54) is 0 Å². The molecule has 4 heteroatoms. The van der Waals surface area contributed by atoms with Crippen molar-refractivity contribution < 1.29 is 10.2 Å². The number of thioether (sulfide) groups is 1. The second-order valence-electron chi connectivity index (χ2n) is 2.71. The molecule has 0 fully saturated rings. The molecular formula is C7H17NO2S. The number of hydrogen-bond acceptors (Lipinski definition) is 4. The van der Waals surface area contributed by atoms with Gasteiger partial charge in [-0.05, 0) is 11.7 Å². The standard InChI is InChI=1S/C7H17NO2S/c1-6(3-9)4-11-5-7(10)2-8/h6-7,9-10H,2-5,8H2,1H3. The molecule has 0 aliphatic heterocycles. The van der Waals surface area contributed by atoms with Gasteiger partial charge in [0, 0.05) is 18.9 Å². The van der Waals surface area contributed by atoms with Crippen LogP contribution in [0.15, 0.2) is 0 Å². The highest BCUT2D eigenvalue weighted by atomic mass is 32.2. The van der Waals surface area contributed by atoms with Crippen LogP contribution in [0.5, 0.6) is 0 Å². The molecule has 0 spiro atoms. The van der Waals surface area contributed by atoms with Crippen LogP contribution in [-0.4, -0.2) is 41.0 Å². The van der Waals surface area contributed by atoms with Gasteiger partial charge in [0.15, 0.2) is 0 Å². The second kappa shape index (κ2) is 6.91. The van der Waals surface area contributed by atoms with E-state index in [-0.39, 0.29) is 6.61 Å².